The van der Waals surface area contributed by atoms with Crippen LogP contribution in [-0.4, -0.2) is 225 Å². The summed E-state index contributed by atoms with van der Waals surface area (Å²) in [7, 11) is 0. The number of aryl methyl sites for hydroxylation is 4. The van der Waals surface area contributed by atoms with Crippen LogP contribution in [0.25, 0.3) is 0 Å². The first-order chi connectivity index (χ1) is 45.4. The van der Waals surface area contributed by atoms with Crippen molar-refractivity contribution in [2.24, 2.45) is 5.92 Å². The number of Topliss-reactive ketones (excluding diaryl/α,β-unsaturated/α-hetero) is 2. The summed E-state index contributed by atoms with van der Waals surface area (Å²) in [5.41, 5.74) is 2.49. The van der Waals surface area contributed by atoms with Crippen LogP contribution in [0.3, 0.4) is 0 Å². The first kappa shape index (κ1) is 95.8. The number of carboxylic acid groups (broad SMARTS) is 5. The van der Waals surface area contributed by atoms with Gasteiger partial charge in [-0.2, -0.15) is 26.3 Å². The monoisotopic (exact) mass is 1450 g/mol. The Morgan fingerprint density at radius 2 is 0.838 bits per heavy atom. The smallest absolute Gasteiger partial charge is 0.423 e. The zero-order chi connectivity index (χ0) is 74.6. The van der Waals surface area contributed by atoms with Gasteiger partial charge in [0.05, 0.1) is 62.3 Å². The van der Waals surface area contributed by atoms with Gasteiger partial charge in [0.15, 0.2) is 11.6 Å². The highest BCUT2D eigenvalue weighted by Crippen LogP contribution is 2.32. The molecule has 43 heteroatoms. The fourth-order valence-electron chi connectivity index (χ4n) is 6.96. The summed E-state index contributed by atoms with van der Waals surface area (Å²) in [5.74, 6) is -11.8. The van der Waals surface area contributed by atoms with Gasteiger partial charge < -0.3 is 51.9 Å². The van der Waals surface area contributed by atoms with Crippen molar-refractivity contribution in [1.82, 2.24) is 81.2 Å². The third kappa shape index (κ3) is 44.8. The minimum absolute atomic E-state index is 0. The lowest BCUT2D eigenvalue weighted by Crippen LogP contribution is -2.59. The maximum absolute atomic E-state index is 13.1. The number of halogens is 10. The van der Waals surface area contributed by atoms with E-state index in [4.69, 9.17) is 20.4 Å². The quantitative estimate of drug-likeness (QED) is 0.0288. The van der Waals surface area contributed by atoms with Gasteiger partial charge in [-0.25, -0.2) is 23.5 Å². The van der Waals surface area contributed by atoms with Crippen molar-refractivity contribution in [1.29, 1.82) is 0 Å². The summed E-state index contributed by atoms with van der Waals surface area (Å²) in [6.07, 6.45) is -8.45. The Hall–Kier alpha value is -9.61. The molecule has 4 amide bonds. The number of aromatic nitrogens is 12. The largest absolute Gasteiger partial charge is 0.481 e. The molecule has 0 aliphatic rings. The van der Waals surface area contributed by atoms with Gasteiger partial charge in [-0.1, -0.05) is 70.3 Å². The van der Waals surface area contributed by atoms with Crippen molar-refractivity contribution in [3.05, 3.63) is 47.6 Å². The maximum atomic E-state index is 13.1. The molecule has 4 aromatic heterocycles. The van der Waals surface area contributed by atoms with Crippen molar-refractivity contribution >= 4 is 65.0 Å². The van der Waals surface area contributed by atoms with Crippen LogP contribution in [0.15, 0.2) is 24.8 Å². The highest BCUT2D eigenvalue weighted by atomic mass is 19.4. The molecule has 0 aliphatic heterocycles. The van der Waals surface area contributed by atoms with Gasteiger partial charge >= 0.3 is 42.2 Å². The van der Waals surface area contributed by atoms with E-state index in [1.54, 1.807) is 12.4 Å². The van der Waals surface area contributed by atoms with Crippen molar-refractivity contribution in [3.8, 4) is 0 Å². The number of hydrogen-bond donors (Lipinski definition) is 10. The molecule has 0 radical (unpaired) electrons. The van der Waals surface area contributed by atoms with Crippen LogP contribution in [0.1, 0.15) is 137 Å². The Kier molecular flexibility index (Phi) is 49.9. The molecular formula is C56H88F10N16O17. The second-order valence-corrected chi connectivity index (χ2v) is 20.2. The fraction of sp³-hybridized carbons (Fsp3) is 0.661. The number of carbonyl (C=O) groups excluding carboxylic acids is 6. The number of nitrogens with one attached hydrogen (secondary N) is 4. The predicted molar refractivity (Wildman–Crippen MR) is 325 cm³/mol. The summed E-state index contributed by atoms with van der Waals surface area (Å²) >= 11 is 0. The Balaban J connectivity index is -0.000000671. The summed E-state index contributed by atoms with van der Waals surface area (Å²) in [6.45, 7) is 8.33. The average molecular weight is 1450 g/mol. The Bertz CT molecular complexity index is 2980. The average Bonchev–Trinajstić information content (AvgIpc) is 1.87. The molecule has 0 spiro atoms. The first-order valence-electron chi connectivity index (χ1n) is 29.3. The molecule has 4 heterocycles. The highest BCUT2D eigenvalue weighted by Gasteiger charge is 2.55. The van der Waals surface area contributed by atoms with Gasteiger partial charge in [0.1, 0.15) is 50.3 Å². The number of ketones is 2. The fourth-order valence-corrected chi connectivity index (χ4v) is 6.96. The van der Waals surface area contributed by atoms with Crippen LogP contribution < -0.4 is 21.3 Å². The lowest BCUT2D eigenvalue weighted by Gasteiger charge is -2.27. The molecule has 564 valence electrons. The molecule has 10 N–H and O–H groups in total. The lowest BCUT2D eigenvalue weighted by atomic mass is 10.0. The number of aliphatic carboxylic acids is 5. The summed E-state index contributed by atoms with van der Waals surface area (Å²) in [5, 5.41) is 90.9. The zero-order valence-electron chi connectivity index (χ0n) is 53.4. The van der Waals surface area contributed by atoms with E-state index >= 15 is 0 Å². The molecule has 0 saturated carbocycles. The molecule has 4 aromatic rings. The second-order valence-electron chi connectivity index (χ2n) is 20.2. The molecule has 4 atom stereocenters. The number of amides is 4. The number of carbonyl (C=O) groups is 11. The normalized spacial score (nSPS) is 11.8. The van der Waals surface area contributed by atoms with Crippen molar-refractivity contribution in [3.63, 3.8) is 0 Å². The zero-order valence-corrected chi connectivity index (χ0v) is 53.4. The molecule has 0 fully saturated rings. The molecule has 0 aliphatic carbocycles. The Labute approximate surface area is 561 Å². The number of aliphatic hydroxyl groups excluding tert-OH is 1. The predicted octanol–water partition coefficient (Wildman–Crippen LogP) is 3.64. The van der Waals surface area contributed by atoms with Crippen molar-refractivity contribution < 1.29 is 127 Å². The van der Waals surface area contributed by atoms with Crippen molar-refractivity contribution in [2.45, 2.75) is 209 Å². The van der Waals surface area contributed by atoms with Gasteiger partial charge in [0.2, 0.25) is 29.7 Å². The van der Waals surface area contributed by atoms with Crippen LogP contribution in [0.4, 0.5) is 43.9 Å². The summed E-state index contributed by atoms with van der Waals surface area (Å²) < 4.78 is 119. The van der Waals surface area contributed by atoms with Gasteiger partial charge in [-0.3, -0.25) is 65.5 Å². The van der Waals surface area contributed by atoms with E-state index in [1.807, 2.05) is 26.1 Å². The number of alkyl halides is 10. The standard InChI is InChI=1S/C25H36FN7O12.C9H14FN3O.C8H12FN3O.C7H10FN3O2.C3H2F6O.C2H6.2CH4/c1-12(2)21(24(43)29-16(25(44)45)9-20(39)40)30-22(41)14(5-6-18(35)36)28-23(42)15(8-19(37)38)27-17(34)11-33-10-13(31-32-33)4-3-7-26;1-2-9(14)7-13-6-8(11-12-13)4-3-5-10;1-7(13)5-12-6-8(10-11-12)3-2-4-9;8-3-1-2-6-4-11(10-9-6)5-7(12)13;4-2(5,6)1(10)3(7,8)9;1-2;;/h10,12,14-16,21H,3-9,11H2,1-2H3,(H,27,34)(H,28,42)(H,29,43)(H,30,41)(H,35,36)(H,37,38)(H,39,40)(H,44,45);6H,2-5,7H2,1H3;6H,2-5H2,1H3;4H,1-3,5H2,(H,12,13);1,10H;1-2H3;2*1H4/t14-,15-,16-,21-;;;;;;;/m0......./s1. The van der Waals surface area contributed by atoms with Crippen LogP contribution in [-0.2, 0) is 105 Å². The highest BCUT2D eigenvalue weighted by molar-refractivity contribution is 5.96. The Morgan fingerprint density at radius 1 is 0.485 bits per heavy atom. The van der Waals surface area contributed by atoms with Crippen LogP contribution in [0.2, 0.25) is 0 Å². The molecule has 0 aromatic carbocycles. The Morgan fingerprint density at radius 3 is 1.15 bits per heavy atom. The van der Waals surface area contributed by atoms with Gasteiger partial charge in [-0.05, 0) is 70.6 Å². The lowest BCUT2D eigenvalue weighted by molar-refractivity contribution is -0.308. The second kappa shape index (κ2) is 51.6. The number of rotatable bonds is 37. The number of nitrogens with zero attached hydrogens (tertiary/aromatic N) is 12. The van der Waals surface area contributed by atoms with E-state index in [-0.39, 0.29) is 72.2 Å². The number of carboxylic acids is 5. The topological polar surface area (TPSA) is 480 Å². The van der Waals surface area contributed by atoms with Crippen LogP contribution >= 0.6 is 0 Å². The minimum atomic E-state index is -5.63. The van der Waals surface area contributed by atoms with Crippen LogP contribution in [0, 0.1) is 5.92 Å². The molecule has 33 nitrogen and oxygen atoms in total. The number of hydrogen-bond acceptors (Lipinski definition) is 20. The third-order valence-corrected chi connectivity index (χ3v) is 11.5. The SMILES string of the molecule is C.C.CC.CC(=O)Cn1cc(CCCF)nn1.CC(C)[C@H](NC(=O)[C@H](CCC(=O)O)NC(=O)[C@H](CC(=O)O)NC(=O)Cn1cc(CCCF)nn1)C(=O)N[C@@H](CC(=O)O)C(=O)O.CCC(=O)Cn1cc(CCCF)nn1.O=C(O)Cn1cc(CCCF)nn1.OC(C(F)(F)F)C(F)(F)F. The summed E-state index contributed by atoms with van der Waals surface area (Å²) in [4.78, 5) is 128. The molecular weight excluding hydrogens is 1360 g/mol. The first-order valence-corrected chi connectivity index (χ1v) is 29.3. The molecule has 4 rings (SSSR count). The minimum Gasteiger partial charge on any atom is -0.481 e. The van der Waals surface area contributed by atoms with Crippen LogP contribution in [0.5, 0.6) is 0 Å². The third-order valence-electron chi connectivity index (χ3n) is 11.5. The van der Waals surface area contributed by atoms with Gasteiger partial charge in [0, 0.05) is 37.6 Å². The van der Waals surface area contributed by atoms with E-state index in [9.17, 15) is 107 Å². The van der Waals surface area contributed by atoms with E-state index in [0.29, 0.717) is 56.3 Å². The molecule has 0 bridgehead atoms. The van der Waals surface area contributed by atoms with E-state index in [1.165, 1.54) is 47.2 Å². The molecule has 99 heavy (non-hydrogen) atoms. The van der Waals surface area contributed by atoms with Gasteiger partial charge in [-0.15, -0.1) is 20.4 Å². The molecule has 0 unspecified atom stereocenters. The van der Waals surface area contributed by atoms with E-state index in [0.717, 1.165) is 16.1 Å². The maximum Gasteiger partial charge on any atom is 0.423 e. The van der Waals surface area contributed by atoms with E-state index < -0.39 is 148 Å². The summed E-state index contributed by atoms with van der Waals surface area (Å²) in [6, 6.07) is -6.72. The van der Waals surface area contributed by atoms with Gasteiger partial charge in [0.25, 0.3) is 0 Å². The number of aliphatic hydroxyl groups is 1. The van der Waals surface area contributed by atoms with Crippen molar-refractivity contribution in [2.75, 3.05) is 26.7 Å². The molecule has 0 saturated heterocycles. The van der Waals surface area contributed by atoms with E-state index in [2.05, 4.69) is 57.2 Å².